The third-order valence-electron chi connectivity index (χ3n) is 3.01. The zero-order valence-corrected chi connectivity index (χ0v) is 13.1. The monoisotopic (exact) mass is 332 g/mol. The predicted molar refractivity (Wildman–Crippen MR) is 87.0 cm³/mol. The van der Waals surface area contributed by atoms with E-state index in [0.717, 1.165) is 10.5 Å². The Bertz CT molecular complexity index is 788. The molecule has 0 aliphatic rings. The van der Waals surface area contributed by atoms with E-state index in [9.17, 15) is 4.79 Å². The Kier molecular flexibility index (Phi) is 4.60. The van der Waals surface area contributed by atoms with E-state index in [4.69, 9.17) is 11.6 Å². The summed E-state index contributed by atoms with van der Waals surface area (Å²) in [7, 11) is 0. The molecule has 22 heavy (non-hydrogen) atoms. The number of carbonyl (C=O) groups is 1. The van der Waals surface area contributed by atoms with Crippen molar-refractivity contribution in [3.8, 4) is 0 Å². The van der Waals surface area contributed by atoms with Crippen molar-refractivity contribution in [2.24, 2.45) is 0 Å². The lowest BCUT2D eigenvalue weighted by Gasteiger charge is -2.04. The largest absolute Gasteiger partial charge is 0.348 e. The maximum atomic E-state index is 11.9. The van der Waals surface area contributed by atoms with Gasteiger partial charge in [0.25, 0.3) is 0 Å². The van der Waals surface area contributed by atoms with Gasteiger partial charge < -0.3 is 5.32 Å². The van der Waals surface area contributed by atoms with Gasteiger partial charge in [0.2, 0.25) is 5.91 Å². The summed E-state index contributed by atoms with van der Waals surface area (Å²) in [5.41, 5.74) is 0.766. The fourth-order valence-corrected chi connectivity index (χ4v) is 2.77. The van der Waals surface area contributed by atoms with Gasteiger partial charge in [0.1, 0.15) is 0 Å². The lowest BCUT2D eigenvalue weighted by molar-refractivity contribution is -0.118. The van der Waals surface area contributed by atoms with Crippen LogP contribution in [0.25, 0.3) is 5.65 Å². The molecule has 0 spiro atoms. The van der Waals surface area contributed by atoms with E-state index >= 15 is 0 Å². The van der Waals surface area contributed by atoms with Crippen LogP contribution >= 0.6 is 23.4 Å². The molecular formula is C15H13ClN4OS. The number of aromatic nitrogens is 3. The average Bonchev–Trinajstić information content (AvgIpc) is 2.96. The van der Waals surface area contributed by atoms with E-state index < -0.39 is 0 Å². The molecule has 0 unspecified atom stereocenters. The van der Waals surface area contributed by atoms with Crippen molar-refractivity contribution >= 4 is 34.9 Å². The minimum Gasteiger partial charge on any atom is -0.348 e. The second-order valence-electron chi connectivity index (χ2n) is 4.56. The molecule has 2 aromatic heterocycles. The molecule has 0 bridgehead atoms. The number of amides is 1. The first-order valence-corrected chi connectivity index (χ1v) is 8.02. The molecule has 3 rings (SSSR count). The highest BCUT2D eigenvalue weighted by Gasteiger charge is 2.07. The topological polar surface area (TPSA) is 59.3 Å². The molecule has 0 radical (unpaired) electrons. The number of hydrogen-bond donors (Lipinski definition) is 1. The van der Waals surface area contributed by atoms with Crippen LogP contribution in [0.1, 0.15) is 5.82 Å². The first-order valence-electron chi connectivity index (χ1n) is 6.66. The number of hydrogen-bond acceptors (Lipinski definition) is 4. The summed E-state index contributed by atoms with van der Waals surface area (Å²) < 4.78 is 1.85. The second kappa shape index (κ2) is 6.81. The van der Waals surface area contributed by atoms with E-state index in [-0.39, 0.29) is 5.91 Å². The van der Waals surface area contributed by atoms with Crippen LogP contribution in [-0.4, -0.2) is 26.3 Å². The molecular weight excluding hydrogens is 320 g/mol. The van der Waals surface area contributed by atoms with Gasteiger partial charge in [0, 0.05) is 16.1 Å². The highest BCUT2D eigenvalue weighted by Crippen LogP contribution is 2.19. The number of thioether (sulfide) groups is 1. The highest BCUT2D eigenvalue weighted by atomic mass is 35.5. The highest BCUT2D eigenvalue weighted by molar-refractivity contribution is 8.00. The zero-order chi connectivity index (χ0) is 15.4. The molecule has 1 N–H and O–H groups in total. The Morgan fingerprint density at radius 2 is 2.00 bits per heavy atom. The fourth-order valence-electron chi connectivity index (χ4n) is 1.92. The SMILES string of the molecule is O=C(CSc1ccc(Cl)cc1)NCc1nnc2ccccn12. The molecule has 0 saturated heterocycles. The normalized spacial score (nSPS) is 10.8. The van der Waals surface area contributed by atoms with Gasteiger partial charge in [-0.1, -0.05) is 17.7 Å². The molecule has 0 saturated carbocycles. The smallest absolute Gasteiger partial charge is 0.230 e. The summed E-state index contributed by atoms with van der Waals surface area (Å²) in [6.07, 6.45) is 1.87. The van der Waals surface area contributed by atoms with Crippen LogP contribution in [-0.2, 0) is 11.3 Å². The molecule has 3 aromatic rings. The second-order valence-corrected chi connectivity index (χ2v) is 6.05. The maximum Gasteiger partial charge on any atom is 0.230 e. The van der Waals surface area contributed by atoms with Crippen LogP contribution < -0.4 is 5.32 Å². The molecule has 0 aliphatic carbocycles. The van der Waals surface area contributed by atoms with Crippen molar-refractivity contribution in [3.63, 3.8) is 0 Å². The van der Waals surface area contributed by atoms with E-state index in [0.29, 0.717) is 23.1 Å². The van der Waals surface area contributed by atoms with Gasteiger partial charge in [-0.25, -0.2) is 0 Å². The van der Waals surface area contributed by atoms with Gasteiger partial charge in [-0.05, 0) is 36.4 Å². The van der Waals surface area contributed by atoms with Crippen molar-refractivity contribution < 1.29 is 4.79 Å². The van der Waals surface area contributed by atoms with E-state index in [1.807, 2.05) is 53.1 Å². The van der Waals surface area contributed by atoms with Gasteiger partial charge in [0.05, 0.1) is 12.3 Å². The molecule has 0 aliphatic heterocycles. The summed E-state index contributed by atoms with van der Waals surface area (Å²) in [5, 5.41) is 11.7. The van der Waals surface area contributed by atoms with Crippen molar-refractivity contribution in [3.05, 3.63) is 59.5 Å². The number of carbonyl (C=O) groups excluding carboxylic acids is 1. The van der Waals surface area contributed by atoms with Crippen LogP contribution in [0.2, 0.25) is 5.02 Å². The Balaban J connectivity index is 1.53. The van der Waals surface area contributed by atoms with Gasteiger partial charge in [0.15, 0.2) is 11.5 Å². The zero-order valence-electron chi connectivity index (χ0n) is 11.6. The predicted octanol–water partition coefficient (Wildman–Crippen LogP) is 2.79. The lowest BCUT2D eigenvalue weighted by atomic mass is 10.4. The molecule has 0 atom stereocenters. The Labute approximate surface area is 136 Å². The number of nitrogens with zero attached hydrogens (tertiary/aromatic N) is 3. The summed E-state index contributed by atoms with van der Waals surface area (Å²) in [6.45, 7) is 0.352. The van der Waals surface area contributed by atoms with Gasteiger partial charge in [-0.2, -0.15) is 0 Å². The number of benzene rings is 1. The van der Waals surface area contributed by atoms with Gasteiger partial charge in [-0.3, -0.25) is 9.20 Å². The number of pyridine rings is 1. The quantitative estimate of drug-likeness (QED) is 0.730. The molecule has 0 fully saturated rings. The van der Waals surface area contributed by atoms with E-state index in [1.54, 1.807) is 0 Å². The number of nitrogens with one attached hydrogen (secondary N) is 1. The number of fused-ring (bicyclic) bond motifs is 1. The third kappa shape index (κ3) is 3.58. The van der Waals surface area contributed by atoms with Crippen molar-refractivity contribution in [2.75, 3.05) is 5.75 Å². The molecule has 2 heterocycles. The minimum atomic E-state index is -0.0485. The molecule has 5 nitrogen and oxygen atoms in total. The average molecular weight is 333 g/mol. The summed E-state index contributed by atoms with van der Waals surface area (Å²) in [4.78, 5) is 12.9. The molecule has 1 aromatic carbocycles. The van der Waals surface area contributed by atoms with E-state index in [2.05, 4.69) is 15.5 Å². The summed E-state index contributed by atoms with van der Waals surface area (Å²) >= 11 is 7.29. The number of halogens is 1. The van der Waals surface area contributed by atoms with Crippen molar-refractivity contribution in [2.45, 2.75) is 11.4 Å². The van der Waals surface area contributed by atoms with Crippen LogP contribution in [0, 0.1) is 0 Å². The van der Waals surface area contributed by atoms with Crippen LogP contribution in [0.3, 0.4) is 0 Å². The van der Waals surface area contributed by atoms with Gasteiger partial charge >= 0.3 is 0 Å². The van der Waals surface area contributed by atoms with E-state index in [1.165, 1.54) is 11.8 Å². The molecule has 7 heteroatoms. The first-order chi connectivity index (χ1) is 10.7. The molecule has 112 valence electrons. The van der Waals surface area contributed by atoms with Crippen LogP contribution in [0.4, 0.5) is 0 Å². The third-order valence-corrected chi connectivity index (χ3v) is 4.28. The maximum absolute atomic E-state index is 11.9. The standard InChI is InChI=1S/C15H13ClN4OS/c16-11-4-6-12(7-5-11)22-10-15(21)17-9-14-19-18-13-3-1-2-8-20(13)14/h1-8H,9-10H2,(H,17,21). The van der Waals surface area contributed by atoms with Gasteiger partial charge in [-0.15, -0.1) is 22.0 Å². The Hall–Kier alpha value is -2.05. The van der Waals surface area contributed by atoms with Crippen LogP contribution in [0.15, 0.2) is 53.6 Å². The summed E-state index contributed by atoms with van der Waals surface area (Å²) in [6, 6.07) is 13.1. The van der Waals surface area contributed by atoms with Crippen molar-refractivity contribution in [1.29, 1.82) is 0 Å². The Morgan fingerprint density at radius 3 is 2.82 bits per heavy atom. The number of rotatable bonds is 5. The van der Waals surface area contributed by atoms with Crippen LogP contribution in [0.5, 0.6) is 0 Å². The first kappa shape index (κ1) is 14.9. The summed E-state index contributed by atoms with van der Waals surface area (Å²) in [5.74, 6) is 1.01. The van der Waals surface area contributed by atoms with Crippen molar-refractivity contribution in [1.82, 2.24) is 19.9 Å². The molecule has 1 amide bonds. The fraction of sp³-hybridized carbons (Fsp3) is 0.133. The lowest BCUT2D eigenvalue weighted by Crippen LogP contribution is -2.25. The Morgan fingerprint density at radius 1 is 1.18 bits per heavy atom. The minimum absolute atomic E-state index is 0.0485.